The first-order valence-corrected chi connectivity index (χ1v) is 10.3. The molecule has 0 aliphatic carbocycles. The number of benzene rings is 1. The molecule has 10 heteroatoms. The number of piperazine rings is 1. The van der Waals surface area contributed by atoms with Gasteiger partial charge in [0.25, 0.3) is 5.91 Å². The lowest BCUT2D eigenvalue weighted by atomic mass is 10.2. The lowest BCUT2D eigenvalue weighted by Crippen LogP contribution is -2.44. The van der Waals surface area contributed by atoms with Crippen LogP contribution in [0.3, 0.4) is 0 Å². The zero-order valence-corrected chi connectivity index (χ0v) is 17.0. The van der Waals surface area contributed by atoms with Crippen LogP contribution < -0.4 is 10.2 Å². The molecular formula is C18H24N6O3S. The van der Waals surface area contributed by atoms with Gasteiger partial charge in [-0.05, 0) is 31.3 Å². The third-order valence-corrected chi connectivity index (χ3v) is 6.45. The zero-order chi connectivity index (χ0) is 20.3. The van der Waals surface area contributed by atoms with Crippen LogP contribution in [-0.4, -0.2) is 80.8 Å². The molecule has 1 aliphatic rings. The van der Waals surface area contributed by atoms with E-state index in [2.05, 4.69) is 32.1 Å². The number of anilines is 2. The monoisotopic (exact) mass is 404 g/mol. The molecule has 0 radical (unpaired) electrons. The van der Waals surface area contributed by atoms with Crippen LogP contribution in [0.2, 0.25) is 0 Å². The van der Waals surface area contributed by atoms with Crippen LogP contribution in [0.5, 0.6) is 0 Å². The largest absolute Gasteiger partial charge is 0.354 e. The maximum atomic E-state index is 12.5. The van der Waals surface area contributed by atoms with E-state index >= 15 is 0 Å². The van der Waals surface area contributed by atoms with E-state index in [9.17, 15) is 13.2 Å². The minimum atomic E-state index is -3.53. The number of likely N-dealkylation sites (N-methyl/N-ethyl adjacent to an activating group) is 1. The number of hydrogen-bond donors (Lipinski definition) is 1. The fraction of sp³-hybridized carbons (Fsp3) is 0.389. The lowest BCUT2D eigenvalue weighted by Gasteiger charge is -2.33. The van der Waals surface area contributed by atoms with Crippen molar-refractivity contribution in [3.05, 3.63) is 42.2 Å². The van der Waals surface area contributed by atoms with Crippen LogP contribution in [0, 0.1) is 0 Å². The Bertz CT molecular complexity index is 938. The summed E-state index contributed by atoms with van der Waals surface area (Å²) < 4.78 is 25.4. The van der Waals surface area contributed by atoms with E-state index in [1.54, 1.807) is 6.07 Å². The molecule has 3 rings (SSSR count). The second kappa shape index (κ2) is 8.21. The molecule has 2 heterocycles. The number of amides is 1. The highest BCUT2D eigenvalue weighted by atomic mass is 32.2. The minimum Gasteiger partial charge on any atom is -0.354 e. The van der Waals surface area contributed by atoms with Crippen molar-refractivity contribution in [3.8, 4) is 0 Å². The van der Waals surface area contributed by atoms with E-state index in [1.807, 2.05) is 0 Å². The number of hydrogen-bond acceptors (Lipinski definition) is 7. The molecule has 2 aromatic rings. The minimum absolute atomic E-state index is 0.133. The average Bonchev–Trinajstić information content (AvgIpc) is 2.68. The van der Waals surface area contributed by atoms with Crippen molar-refractivity contribution < 1.29 is 13.2 Å². The summed E-state index contributed by atoms with van der Waals surface area (Å²) in [4.78, 5) is 25.4. The second-order valence-corrected chi connectivity index (χ2v) is 8.97. The summed E-state index contributed by atoms with van der Waals surface area (Å²) in [6.45, 7) is 3.63. The predicted molar refractivity (Wildman–Crippen MR) is 107 cm³/mol. The van der Waals surface area contributed by atoms with Gasteiger partial charge in [-0.1, -0.05) is 0 Å². The van der Waals surface area contributed by atoms with Crippen LogP contribution in [0.1, 0.15) is 10.4 Å². The summed E-state index contributed by atoms with van der Waals surface area (Å²) in [5.41, 5.74) is 0.345. The van der Waals surface area contributed by atoms with Crippen LogP contribution in [0.25, 0.3) is 0 Å². The molecule has 1 N–H and O–H groups in total. The molecule has 1 aromatic heterocycles. The third-order valence-electron chi connectivity index (χ3n) is 4.62. The van der Waals surface area contributed by atoms with Crippen LogP contribution in [0.15, 0.2) is 41.6 Å². The van der Waals surface area contributed by atoms with E-state index in [0.717, 1.165) is 36.3 Å². The SMILES string of the molecule is CN1CCN(c2cc(NC(=O)c3ccc(S(=O)(=O)N(C)C)cc3)ncn2)CC1. The number of rotatable bonds is 5. The normalized spacial score (nSPS) is 15.6. The van der Waals surface area contributed by atoms with Crippen molar-refractivity contribution in [1.29, 1.82) is 0 Å². The van der Waals surface area contributed by atoms with E-state index in [0.29, 0.717) is 11.4 Å². The zero-order valence-electron chi connectivity index (χ0n) is 16.2. The molecule has 1 aromatic carbocycles. The van der Waals surface area contributed by atoms with Gasteiger partial charge in [0.2, 0.25) is 10.0 Å². The van der Waals surface area contributed by atoms with Crippen molar-refractivity contribution in [2.24, 2.45) is 0 Å². The van der Waals surface area contributed by atoms with Crippen LogP contribution >= 0.6 is 0 Å². The highest BCUT2D eigenvalue weighted by Gasteiger charge is 2.19. The van der Waals surface area contributed by atoms with Gasteiger partial charge in [-0.25, -0.2) is 22.7 Å². The maximum Gasteiger partial charge on any atom is 0.256 e. The van der Waals surface area contributed by atoms with Gasteiger partial charge in [0.15, 0.2) is 0 Å². The van der Waals surface area contributed by atoms with Gasteiger partial charge >= 0.3 is 0 Å². The van der Waals surface area contributed by atoms with Gasteiger partial charge in [-0.15, -0.1) is 0 Å². The van der Waals surface area contributed by atoms with Crippen molar-refractivity contribution in [2.45, 2.75) is 4.90 Å². The first-order valence-electron chi connectivity index (χ1n) is 8.87. The summed E-state index contributed by atoms with van der Waals surface area (Å²) in [7, 11) is 1.48. The van der Waals surface area contributed by atoms with Gasteiger partial charge < -0.3 is 15.1 Å². The lowest BCUT2D eigenvalue weighted by molar-refractivity contribution is 0.102. The van der Waals surface area contributed by atoms with Gasteiger partial charge in [0, 0.05) is 51.9 Å². The van der Waals surface area contributed by atoms with Crippen molar-refractivity contribution in [1.82, 2.24) is 19.2 Å². The number of carbonyl (C=O) groups is 1. The standard InChI is InChI=1S/C18H24N6O3S/c1-22(2)28(26,27)15-6-4-14(5-7-15)18(25)21-16-12-17(20-13-19-16)24-10-8-23(3)9-11-24/h4-7,12-13H,8-11H2,1-3H3,(H,19,20,21,25). The van der Waals surface area contributed by atoms with Crippen LogP contribution in [-0.2, 0) is 10.0 Å². The first kappa shape index (κ1) is 20.2. The number of carbonyl (C=O) groups excluding carboxylic acids is 1. The molecular weight excluding hydrogens is 380 g/mol. The summed E-state index contributed by atoms with van der Waals surface area (Å²) in [6, 6.07) is 7.54. The topological polar surface area (TPSA) is 98.7 Å². The summed E-state index contributed by atoms with van der Waals surface area (Å²) >= 11 is 0. The van der Waals surface area contributed by atoms with Crippen molar-refractivity contribution in [2.75, 3.05) is 57.5 Å². The Hall–Kier alpha value is -2.56. The molecule has 0 spiro atoms. The summed E-state index contributed by atoms with van der Waals surface area (Å²) in [5.74, 6) is 0.807. The van der Waals surface area contributed by atoms with Gasteiger partial charge in [0.05, 0.1) is 4.90 Å². The Morgan fingerprint density at radius 3 is 2.32 bits per heavy atom. The average molecular weight is 404 g/mol. The molecule has 0 unspecified atom stereocenters. The Labute approximate surface area is 165 Å². The molecule has 0 bridgehead atoms. The smallest absolute Gasteiger partial charge is 0.256 e. The van der Waals surface area contributed by atoms with Crippen molar-refractivity contribution >= 4 is 27.6 Å². The summed E-state index contributed by atoms with van der Waals surface area (Å²) in [5, 5.41) is 2.74. The molecule has 1 amide bonds. The molecule has 1 aliphatic heterocycles. The van der Waals surface area contributed by atoms with E-state index in [1.165, 1.54) is 44.7 Å². The number of nitrogens with one attached hydrogen (secondary N) is 1. The molecule has 9 nitrogen and oxygen atoms in total. The first-order chi connectivity index (χ1) is 13.3. The highest BCUT2D eigenvalue weighted by molar-refractivity contribution is 7.89. The van der Waals surface area contributed by atoms with E-state index in [-0.39, 0.29) is 10.8 Å². The van der Waals surface area contributed by atoms with E-state index in [4.69, 9.17) is 0 Å². The Kier molecular flexibility index (Phi) is 5.92. The fourth-order valence-corrected chi connectivity index (χ4v) is 3.70. The number of nitrogens with zero attached hydrogens (tertiary/aromatic N) is 5. The maximum absolute atomic E-state index is 12.5. The second-order valence-electron chi connectivity index (χ2n) is 6.82. The Morgan fingerprint density at radius 2 is 1.71 bits per heavy atom. The third kappa shape index (κ3) is 4.46. The fourth-order valence-electron chi connectivity index (χ4n) is 2.80. The quantitative estimate of drug-likeness (QED) is 0.784. The van der Waals surface area contributed by atoms with Gasteiger partial charge in [-0.3, -0.25) is 4.79 Å². The molecule has 1 saturated heterocycles. The molecule has 150 valence electrons. The van der Waals surface area contributed by atoms with Crippen LogP contribution in [0.4, 0.5) is 11.6 Å². The predicted octanol–water partition coefficient (Wildman–Crippen LogP) is 0.731. The molecule has 0 saturated carbocycles. The van der Waals surface area contributed by atoms with Gasteiger partial charge in [-0.2, -0.15) is 0 Å². The summed E-state index contributed by atoms with van der Waals surface area (Å²) in [6.07, 6.45) is 1.43. The van der Waals surface area contributed by atoms with Gasteiger partial charge in [0.1, 0.15) is 18.0 Å². The molecule has 0 atom stereocenters. The Morgan fingerprint density at radius 1 is 1.07 bits per heavy atom. The number of aromatic nitrogens is 2. The number of sulfonamides is 1. The van der Waals surface area contributed by atoms with Crippen molar-refractivity contribution in [3.63, 3.8) is 0 Å². The van der Waals surface area contributed by atoms with E-state index < -0.39 is 10.0 Å². The molecule has 1 fully saturated rings. The molecule has 28 heavy (non-hydrogen) atoms. The Balaban J connectivity index is 1.70. The highest BCUT2D eigenvalue weighted by Crippen LogP contribution is 2.18.